The Kier molecular flexibility index (Phi) is 6.71. The Labute approximate surface area is 161 Å². The molecule has 0 aliphatic carbocycles. The number of carbonyl (C=O) groups excluding carboxylic acids is 1. The zero-order chi connectivity index (χ0) is 19.1. The highest BCUT2D eigenvalue weighted by Crippen LogP contribution is 2.29. The van der Waals surface area contributed by atoms with E-state index < -0.39 is 0 Å². The van der Waals surface area contributed by atoms with Gasteiger partial charge in [0.15, 0.2) is 0 Å². The van der Waals surface area contributed by atoms with Crippen LogP contribution in [0.2, 0.25) is 0 Å². The van der Waals surface area contributed by atoms with E-state index in [1.165, 1.54) is 0 Å². The zero-order valence-corrected chi connectivity index (χ0v) is 16.2. The van der Waals surface area contributed by atoms with Crippen molar-refractivity contribution >= 4 is 11.6 Å². The van der Waals surface area contributed by atoms with Gasteiger partial charge in [-0.05, 0) is 31.5 Å². The van der Waals surface area contributed by atoms with Crippen molar-refractivity contribution in [3.8, 4) is 5.75 Å². The minimum atomic E-state index is -0.127. The molecule has 0 radical (unpaired) electrons. The van der Waals surface area contributed by atoms with Crippen LogP contribution in [0.5, 0.6) is 5.75 Å². The summed E-state index contributed by atoms with van der Waals surface area (Å²) < 4.78 is 5.76. The molecule has 1 saturated heterocycles. The van der Waals surface area contributed by atoms with Crippen LogP contribution in [0, 0.1) is 0 Å². The Morgan fingerprint density at radius 1 is 1.04 bits per heavy atom. The first-order valence-electron chi connectivity index (χ1n) is 9.71. The van der Waals surface area contributed by atoms with E-state index in [2.05, 4.69) is 21.2 Å². The van der Waals surface area contributed by atoms with Crippen molar-refractivity contribution < 1.29 is 9.53 Å². The molecule has 0 unspecified atom stereocenters. The monoisotopic (exact) mass is 367 g/mol. The third-order valence-corrected chi connectivity index (χ3v) is 5.06. The van der Waals surface area contributed by atoms with Gasteiger partial charge >= 0.3 is 0 Å². The molecule has 1 aliphatic heterocycles. The lowest BCUT2D eigenvalue weighted by atomic mass is 10.1. The van der Waals surface area contributed by atoms with Crippen molar-refractivity contribution in [1.82, 2.24) is 10.2 Å². The van der Waals surface area contributed by atoms with E-state index in [9.17, 15) is 4.79 Å². The number of ether oxygens (including phenoxy) is 1. The molecule has 27 heavy (non-hydrogen) atoms. The van der Waals surface area contributed by atoms with Gasteiger partial charge in [-0.2, -0.15) is 0 Å². The molecule has 144 valence electrons. The van der Waals surface area contributed by atoms with Gasteiger partial charge in [0.1, 0.15) is 5.75 Å². The predicted octanol–water partition coefficient (Wildman–Crippen LogP) is 2.91. The van der Waals surface area contributed by atoms with E-state index in [-0.39, 0.29) is 11.9 Å². The van der Waals surface area contributed by atoms with Crippen molar-refractivity contribution in [2.75, 3.05) is 37.7 Å². The first-order chi connectivity index (χ1) is 13.2. The second-order valence-electron chi connectivity index (χ2n) is 6.80. The number of hydrogen-bond acceptors (Lipinski definition) is 4. The summed E-state index contributed by atoms with van der Waals surface area (Å²) in [6.07, 6.45) is 0. The highest BCUT2D eigenvalue weighted by atomic mass is 16.5. The van der Waals surface area contributed by atoms with Crippen LogP contribution in [0.15, 0.2) is 54.6 Å². The maximum atomic E-state index is 12.5. The summed E-state index contributed by atoms with van der Waals surface area (Å²) in [6.45, 7) is 8.73. The smallest absolute Gasteiger partial charge is 0.237 e. The molecule has 3 rings (SSSR count). The number of nitrogens with one attached hydrogen (secondary N) is 1. The van der Waals surface area contributed by atoms with Gasteiger partial charge in [-0.1, -0.05) is 42.5 Å². The Morgan fingerprint density at radius 3 is 2.41 bits per heavy atom. The van der Waals surface area contributed by atoms with Crippen molar-refractivity contribution in [2.24, 2.45) is 0 Å². The summed E-state index contributed by atoms with van der Waals surface area (Å²) in [5.74, 6) is 1.02. The minimum absolute atomic E-state index is 0.0852. The molecule has 2 aromatic rings. The first-order valence-corrected chi connectivity index (χ1v) is 9.71. The molecule has 0 spiro atoms. The molecule has 1 N–H and O–H groups in total. The van der Waals surface area contributed by atoms with Crippen LogP contribution in [0.1, 0.15) is 19.4 Å². The molecule has 1 atom stereocenters. The highest BCUT2D eigenvalue weighted by molar-refractivity contribution is 5.81. The molecule has 1 heterocycles. The van der Waals surface area contributed by atoms with E-state index in [1.54, 1.807) is 0 Å². The highest BCUT2D eigenvalue weighted by Gasteiger charge is 2.26. The second-order valence-corrected chi connectivity index (χ2v) is 6.80. The van der Waals surface area contributed by atoms with Crippen molar-refractivity contribution in [1.29, 1.82) is 0 Å². The number of nitrogens with zero attached hydrogens (tertiary/aromatic N) is 2. The summed E-state index contributed by atoms with van der Waals surface area (Å²) in [4.78, 5) is 17.1. The van der Waals surface area contributed by atoms with Gasteiger partial charge in [0.2, 0.25) is 5.91 Å². The van der Waals surface area contributed by atoms with Crippen LogP contribution in [-0.4, -0.2) is 49.6 Å². The standard InChI is InChI=1S/C22H29N3O2/c1-3-27-21-12-8-7-11-20(21)25-15-13-24(14-16-25)18(2)22(26)23-17-19-9-5-4-6-10-19/h4-12,18H,3,13-17H2,1-2H3,(H,23,26)/t18-/m1/s1. The normalized spacial score (nSPS) is 16.0. The number of amides is 1. The summed E-state index contributed by atoms with van der Waals surface area (Å²) >= 11 is 0. The van der Waals surface area contributed by atoms with Gasteiger partial charge in [-0.3, -0.25) is 9.69 Å². The molecular weight excluding hydrogens is 338 g/mol. The van der Waals surface area contributed by atoms with Crippen LogP contribution in [-0.2, 0) is 11.3 Å². The van der Waals surface area contributed by atoms with Gasteiger partial charge in [-0.25, -0.2) is 0 Å². The zero-order valence-electron chi connectivity index (χ0n) is 16.2. The van der Waals surface area contributed by atoms with Gasteiger partial charge in [-0.15, -0.1) is 0 Å². The van der Waals surface area contributed by atoms with Crippen molar-refractivity contribution in [3.05, 3.63) is 60.2 Å². The van der Waals surface area contributed by atoms with E-state index in [0.717, 1.165) is 43.2 Å². The fraction of sp³-hybridized carbons (Fsp3) is 0.409. The van der Waals surface area contributed by atoms with Gasteiger partial charge in [0.25, 0.3) is 0 Å². The van der Waals surface area contributed by atoms with Gasteiger partial charge in [0.05, 0.1) is 18.3 Å². The number of anilines is 1. The van der Waals surface area contributed by atoms with Crippen LogP contribution in [0.25, 0.3) is 0 Å². The summed E-state index contributed by atoms with van der Waals surface area (Å²) in [5.41, 5.74) is 2.26. The van der Waals surface area contributed by atoms with Crippen LogP contribution in [0.4, 0.5) is 5.69 Å². The molecule has 5 heteroatoms. The van der Waals surface area contributed by atoms with Crippen LogP contribution in [0.3, 0.4) is 0 Å². The average molecular weight is 367 g/mol. The maximum Gasteiger partial charge on any atom is 0.237 e. The fourth-order valence-corrected chi connectivity index (χ4v) is 3.44. The Balaban J connectivity index is 1.52. The Bertz CT molecular complexity index is 727. The fourth-order valence-electron chi connectivity index (χ4n) is 3.44. The van der Waals surface area contributed by atoms with Crippen LogP contribution < -0.4 is 15.0 Å². The van der Waals surface area contributed by atoms with Gasteiger partial charge < -0.3 is 15.0 Å². The lowest BCUT2D eigenvalue weighted by Crippen LogP contribution is -2.53. The molecule has 2 aromatic carbocycles. The number of para-hydroxylation sites is 2. The lowest BCUT2D eigenvalue weighted by Gasteiger charge is -2.39. The summed E-state index contributed by atoms with van der Waals surface area (Å²) in [7, 11) is 0. The summed E-state index contributed by atoms with van der Waals surface area (Å²) in [5, 5.41) is 3.05. The van der Waals surface area contributed by atoms with Gasteiger partial charge in [0, 0.05) is 32.7 Å². The quantitative estimate of drug-likeness (QED) is 0.817. The molecule has 0 bridgehead atoms. The molecule has 1 amide bonds. The number of rotatable bonds is 7. The van der Waals surface area contributed by atoms with Crippen molar-refractivity contribution in [3.63, 3.8) is 0 Å². The lowest BCUT2D eigenvalue weighted by molar-refractivity contribution is -0.126. The Morgan fingerprint density at radius 2 is 1.70 bits per heavy atom. The molecule has 1 aliphatic rings. The topological polar surface area (TPSA) is 44.8 Å². The first kappa shape index (κ1) is 19.2. The third-order valence-electron chi connectivity index (χ3n) is 5.06. The Hall–Kier alpha value is -2.53. The third kappa shape index (κ3) is 5.01. The average Bonchev–Trinajstić information content (AvgIpc) is 2.73. The number of carbonyl (C=O) groups is 1. The van der Waals surface area contributed by atoms with Crippen LogP contribution >= 0.6 is 0 Å². The molecular formula is C22H29N3O2. The molecule has 0 aromatic heterocycles. The second kappa shape index (κ2) is 9.42. The van der Waals surface area contributed by atoms with Crippen molar-refractivity contribution in [2.45, 2.75) is 26.4 Å². The van der Waals surface area contributed by atoms with E-state index in [1.807, 2.05) is 62.4 Å². The molecule has 5 nitrogen and oxygen atoms in total. The SMILES string of the molecule is CCOc1ccccc1N1CCN([C@H](C)C(=O)NCc2ccccc2)CC1. The minimum Gasteiger partial charge on any atom is -0.492 e. The number of piperazine rings is 1. The number of benzene rings is 2. The molecule has 1 fully saturated rings. The largest absolute Gasteiger partial charge is 0.492 e. The maximum absolute atomic E-state index is 12.5. The summed E-state index contributed by atoms with van der Waals surface area (Å²) in [6, 6.07) is 18.1. The number of hydrogen-bond donors (Lipinski definition) is 1. The molecule has 0 saturated carbocycles. The van der Waals surface area contributed by atoms with E-state index >= 15 is 0 Å². The van der Waals surface area contributed by atoms with E-state index in [0.29, 0.717) is 13.2 Å². The van der Waals surface area contributed by atoms with E-state index in [4.69, 9.17) is 4.74 Å². The predicted molar refractivity (Wildman–Crippen MR) is 109 cm³/mol.